The first-order valence-corrected chi connectivity index (χ1v) is 8.81. The summed E-state index contributed by atoms with van der Waals surface area (Å²) in [7, 11) is -3.35. The third kappa shape index (κ3) is 3.40. The zero-order chi connectivity index (χ0) is 14.6. The second-order valence-corrected chi connectivity index (χ2v) is 7.38. The Bertz CT molecular complexity index is 523. The number of aryl methyl sites for hydroxylation is 1. The molecule has 0 radical (unpaired) electrons. The molecular formula is C15H24N2O2S. The van der Waals surface area contributed by atoms with Crippen molar-refractivity contribution >= 4 is 10.0 Å². The van der Waals surface area contributed by atoms with Crippen molar-refractivity contribution in [1.82, 2.24) is 4.31 Å². The summed E-state index contributed by atoms with van der Waals surface area (Å²) in [6.45, 7) is 3.92. The number of sulfonamides is 1. The number of piperidine rings is 1. The van der Waals surface area contributed by atoms with Gasteiger partial charge >= 0.3 is 0 Å². The fourth-order valence-corrected chi connectivity index (χ4v) is 4.32. The van der Waals surface area contributed by atoms with Gasteiger partial charge in [-0.05, 0) is 55.8 Å². The van der Waals surface area contributed by atoms with Gasteiger partial charge in [-0.3, -0.25) is 0 Å². The van der Waals surface area contributed by atoms with Crippen LogP contribution in [0.1, 0.15) is 31.7 Å². The van der Waals surface area contributed by atoms with E-state index in [1.807, 2.05) is 12.1 Å². The topological polar surface area (TPSA) is 63.4 Å². The van der Waals surface area contributed by atoms with Gasteiger partial charge in [0.1, 0.15) is 0 Å². The van der Waals surface area contributed by atoms with Crippen LogP contribution in [0.25, 0.3) is 0 Å². The van der Waals surface area contributed by atoms with E-state index in [1.54, 1.807) is 16.4 Å². The summed E-state index contributed by atoms with van der Waals surface area (Å²) in [6.07, 6.45) is 3.83. The van der Waals surface area contributed by atoms with Gasteiger partial charge in [-0.15, -0.1) is 0 Å². The van der Waals surface area contributed by atoms with Crippen LogP contribution < -0.4 is 5.73 Å². The Morgan fingerprint density at radius 2 is 2.00 bits per heavy atom. The van der Waals surface area contributed by atoms with Crippen LogP contribution >= 0.6 is 0 Å². The predicted molar refractivity (Wildman–Crippen MR) is 81.0 cm³/mol. The Labute approximate surface area is 122 Å². The van der Waals surface area contributed by atoms with Crippen molar-refractivity contribution in [2.75, 3.05) is 19.6 Å². The van der Waals surface area contributed by atoms with Crippen molar-refractivity contribution in [3.05, 3.63) is 29.8 Å². The maximum atomic E-state index is 12.6. The molecule has 0 bridgehead atoms. The SMILES string of the molecule is CCc1ccc(S(=O)(=O)N2CCCC(CCN)C2)cc1. The van der Waals surface area contributed by atoms with E-state index in [0.29, 0.717) is 30.4 Å². The standard InChI is InChI=1S/C15H24N2O2S/c1-2-13-5-7-15(8-6-13)20(18,19)17-11-3-4-14(12-17)9-10-16/h5-8,14H,2-4,9-12,16H2,1H3. The molecule has 0 saturated carbocycles. The van der Waals surface area contributed by atoms with E-state index in [9.17, 15) is 8.42 Å². The van der Waals surface area contributed by atoms with Gasteiger partial charge < -0.3 is 5.73 Å². The number of hydrogen-bond acceptors (Lipinski definition) is 3. The van der Waals surface area contributed by atoms with Gasteiger partial charge in [0.05, 0.1) is 4.90 Å². The zero-order valence-corrected chi connectivity index (χ0v) is 12.9. The Morgan fingerprint density at radius 3 is 2.60 bits per heavy atom. The smallest absolute Gasteiger partial charge is 0.243 e. The summed E-state index contributed by atoms with van der Waals surface area (Å²) >= 11 is 0. The summed E-state index contributed by atoms with van der Waals surface area (Å²) in [5, 5.41) is 0. The van der Waals surface area contributed by atoms with Crippen LogP contribution in [0.2, 0.25) is 0 Å². The third-order valence-corrected chi connectivity index (χ3v) is 5.91. The first-order chi connectivity index (χ1) is 9.57. The fourth-order valence-electron chi connectivity index (χ4n) is 2.76. The average molecular weight is 296 g/mol. The van der Waals surface area contributed by atoms with Gasteiger partial charge in [0.25, 0.3) is 0 Å². The molecular weight excluding hydrogens is 272 g/mol. The van der Waals surface area contributed by atoms with Gasteiger partial charge in [0.15, 0.2) is 0 Å². The van der Waals surface area contributed by atoms with Crippen LogP contribution in [0, 0.1) is 5.92 Å². The Morgan fingerprint density at radius 1 is 1.30 bits per heavy atom. The van der Waals surface area contributed by atoms with Crippen LogP contribution in [0.3, 0.4) is 0 Å². The lowest BCUT2D eigenvalue weighted by atomic mass is 9.96. The van der Waals surface area contributed by atoms with Crippen LogP contribution in [-0.2, 0) is 16.4 Å². The van der Waals surface area contributed by atoms with Crippen molar-refractivity contribution in [2.45, 2.75) is 37.5 Å². The molecule has 20 heavy (non-hydrogen) atoms. The zero-order valence-electron chi connectivity index (χ0n) is 12.1. The molecule has 4 nitrogen and oxygen atoms in total. The van der Waals surface area contributed by atoms with E-state index in [0.717, 1.165) is 31.2 Å². The highest BCUT2D eigenvalue weighted by Gasteiger charge is 2.29. The van der Waals surface area contributed by atoms with Gasteiger partial charge in [-0.25, -0.2) is 8.42 Å². The minimum Gasteiger partial charge on any atom is -0.330 e. The molecule has 112 valence electrons. The van der Waals surface area contributed by atoms with Crippen molar-refractivity contribution < 1.29 is 8.42 Å². The van der Waals surface area contributed by atoms with Gasteiger partial charge in [0.2, 0.25) is 10.0 Å². The van der Waals surface area contributed by atoms with E-state index >= 15 is 0 Å². The van der Waals surface area contributed by atoms with Crippen molar-refractivity contribution in [3.8, 4) is 0 Å². The fraction of sp³-hybridized carbons (Fsp3) is 0.600. The second kappa shape index (κ2) is 6.70. The lowest BCUT2D eigenvalue weighted by Gasteiger charge is -2.31. The average Bonchev–Trinajstić information content (AvgIpc) is 2.48. The molecule has 0 aromatic heterocycles. The molecule has 1 aromatic rings. The van der Waals surface area contributed by atoms with Gasteiger partial charge in [-0.2, -0.15) is 4.31 Å². The minimum atomic E-state index is -3.35. The molecule has 1 aliphatic rings. The highest BCUT2D eigenvalue weighted by Crippen LogP contribution is 2.25. The number of nitrogens with two attached hydrogens (primary N) is 1. The molecule has 1 fully saturated rings. The van der Waals surface area contributed by atoms with E-state index in [-0.39, 0.29) is 0 Å². The molecule has 0 aliphatic carbocycles. The normalized spacial score (nSPS) is 21.0. The van der Waals surface area contributed by atoms with Crippen LogP contribution in [0.4, 0.5) is 0 Å². The van der Waals surface area contributed by atoms with E-state index in [2.05, 4.69) is 6.92 Å². The molecule has 1 aromatic carbocycles. The Balaban J connectivity index is 2.16. The third-order valence-electron chi connectivity index (χ3n) is 4.03. The number of hydrogen-bond donors (Lipinski definition) is 1. The van der Waals surface area contributed by atoms with Crippen LogP contribution in [-0.4, -0.2) is 32.4 Å². The highest BCUT2D eigenvalue weighted by molar-refractivity contribution is 7.89. The van der Waals surface area contributed by atoms with Crippen LogP contribution in [0.15, 0.2) is 29.2 Å². The summed E-state index contributed by atoms with van der Waals surface area (Å²) in [4.78, 5) is 0.406. The molecule has 1 unspecified atom stereocenters. The second-order valence-electron chi connectivity index (χ2n) is 5.45. The molecule has 5 heteroatoms. The molecule has 1 atom stereocenters. The number of benzene rings is 1. The summed E-state index contributed by atoms with van der Waals surface area (Å²) in [5.74, 6) is 0.401. The summed E-state index contributed by atoms with van der Waals surface area (Å²) in [6, 6.07) is 7.24. The molecule has 0 amide bonds. The number of rotatable bonds is 5. The van der Waals surface area contributed by atoms with E-state index in [1.165, 1.54) is 0 Å². The summed E-state index contributed by atoms with van der Waals surface area (Å²) in [5.41, 5.74) is 6.75. The van der Waals surface area contributed by atoms with E-state index < -0.39 is 10.0 Å². The predicted octanol–water partition coefficient (Wildman–Crippen LogP) is 2.00. The van der Waals surface area contributed by atoms with Crippen LogP contribution in [0.5, 0.6) is 0 Å². The molecule has 1 aliphatic heterocycles. The number of nitrogens with zero attached hydrogens (tertiary/aromatic N) is 1. The minimum absolute atomic E-state index is 0.401. The first-order valence-electron chi connectivity index (χ1n) is 7.37. The lowest BCUT2D eigenvalue weighted by Crippen LogP contribution is -2.40. The molecule has 1 heterocycles. The maximum Gasteiger partial charge on any atom is 0.243 e. The van der Waals surface area contributed by atoms with Gasteiger partial charge in [-0.1, -0.05) is 19.1 Å². The molecule has 2 N–H and O–H groups in total. The van der Waals surface area contributed by atoms with Crippen molar-refractivity contribution in [1.29, 1.82) is 0 Å². The summed E-state index contributed by atoms with van der Waals surface area (Å²) < 4.78 is 26.9. The highest BCUT2D eigenvalue weighted by atomic mass is 32.2. The quantitative estimate of drug-likeness (QED) is 0.904. The Hall–Kier alpha value is -0.910. The monoisotopic (exact) mass is 296 g/mol. The molecule has 2 rings (SSSR count). The maximum absolute atomic E-state index is 12.6. The Kier molecular flexibility index (Phi) is 5.18. The molecule has 1 saturated heterocycles. The first kappa shape index (κ1) is 15.5. The van der Waals surface area contributed by atoms with Gasteiger partial charge in [0, 0.05) is 13.1 Å². The van der Waals surface area contributed by atoms with E-state index in [4.69, 9.17) is 5.73 Å². The molecule has 0 spiro atoms. The largest absolute Gasteiger partial charge is 0.330 e. The van der Waals surface area contributed by atoms with Crippen molar-refractivity contribution in [3.63, 3.8) is 0 Å². The lowest BCUT2D eigenvalue weighted by molar-refractivity contribution is 0.258. The van der Waals surface area contributed by atoms with Crippen molar-refractivity contribution in [2.24, 2.45) is 11.7 Å².